The van der Waals surface area contributed by atoms with Gasteiger partial charge in [-0.15, -0.1) is 0 Å². The largest absolute Gasteiger partial charge is 0.481 e. The molecular formula is C11H13F3N2O2. The van der Waals surface area contributed by atoms with Gasteiger partial charge in [0.1, 0.15) is 5.82 Å². The van der Waals surface area contributed by atoms with Gasteiger partial charge in [-0.3, -0.25) is 4.79 Å². The molecule has 1 aromatic rings. The van der Waals surface area contributed by atoms with E-state index >= 15 is 0 Å². The molecule has 0 fully saturated rings. The predicted molar refractivity (Wildman–Crippen MR) is 59.2 cm³/mol. The predicted octanol–water partition coefficient (Wildman–Crippen LogP) is 2.77. The van der Waals surface area contributed by atoms with Gasteiger partial charge in [0.2, 0.25) is 0 Å². The molecule has 7 heteroatoms. The van der Waals surface area contributed by atoms with Crippen LogP contribution in [0.3, 0.4) is 0 Å². The van der Waals surface area contributed by atoms with E-state index in [9.17, 15) is 18.0 Å². The molecule has 0 aliphatic heterocycles. The lowest BCUT2D eigenvalue weighted by molar-refractivity contribution is -0.138. The van der Waals surface area contributed by atoms with Gasteiger partial charge in [-0.2, -0.15) is 13.2 Å². The Balaban J connectivity index is 2.71. The molecule has 18 heavy (non-hydrogen) atoms. The summed E-state index contributed by atoms with van der Waals surface area (Å²) >= 11 is 0. The molecule has 0 aliphatic carbocycles. The second-order valence-corrected chi connectivity index (χ2v) is 3.78. The van der Waals surface area contributed by atoms with Crippen LogP contribution in [0.15, 0.2) is 18.3 Å². The Labute approximate surface area is 102 Å². The van der Waals surface area contributed by atoms with Crippen molar-refractivity contribution in [3.63, 3.8) is 0 Å². The number of hydrogen-bond donors (Lipinski definition) is 2. The number of alkyl halides is 3. The highest BCUT2D eigenvalue weighted by Gasteiger charge is 2.30. The first-order valence-electron chi connectivity index (χ1n) is 5.34. The highest BCUT2D eigenvalue weighted by molar-refractivity contribution is 5.68. The number of pyridine rings is 1. The molecule has 0 saturated carbocycles. The normalized spacial score (nSPS) is 13.1. The van der Waals surface area contributed by atoms with Crippen molar-refractivity contribution in [2.75, 3.05) is 5.32 Å². The molecule has 0 radical (unpaired) electrons. The summed E-state index contributed by atoms with van der Waals surface area (Å²) in [5, 5.41) is 11.4. The lowest BCUT2D eigenvalue weighted by atomic mass is 10.1. The molecule has 4 nitrogen and oxygen atoms in total. The van der Waals surface area contributed by atoms with E-state index in [1.165, 1.54) is 6.07 Å². The van der Waals surface area contributed by atoms with Gasteiger partial charge in [0.15, 0.2) is 0 Å². The number of halogens is 3. The van der Waals surface area contributed by atoms with E-state index in [4.69, 9.17) is 5.11 Å². The number of hydrogen-bond acceptors (Lipinski definition) is 3. The summed E-state index contributed by atoms with van der Waals surface area (Å²) in [7, 11) is 0. The van der Waals surface area contributed by atoms with Crippen LogP contribution in [0.1, 0.15) is 25.3 Å². The molecule has 0 bridgehead atoms. The summed E-state index contributed by atoms with van der Waals surface area (Å²) in [4.78, 5) is 14.2. The van der Waals surface area contributed by atoms with Crippen molar-refractivity contribution < 1.29 is 23.1 Å². The zero-order chi connectivity index (χ0) is 13.8. The second-order valence-electron chi connectivity index (χ2n) is 3.78. The van der Waals surface area contributed by atoms with Crippen molar-refractivity contribution in [2.24, 2.45) is 0 Å². The molecule has 1 atom stereocenters. The third-order valence-electron chi connectivity index (χ3n) is 2.36. The van der Waals surface area contributed by atoms with Gasteiger partial charge in [-0.25, -0.2) is 4.98 Å². The minimum Gasteiger partial charge on any atom is -0.481 e. The van der Waals surface area contributed by atoms with Gasteiger partial charge < -0.3 is 10.4 Å². The standard InChI is InChI=1S/C11H13F3N2O2/c1-2-8(5-10(17)18)16-9-4-3-7(6-15-9)11(12,13)14/h3-4,6,8H,2,5H2,1H3,(H,15,16)(H,17,18). The summed E-state index contributed by atoms with van der Waals surface area (Å²) < 4.78 is 36.8. The number of nitrogens with zero attached hydrogens (tertiary/aromatic N) is 1. The Morgan fingerprint density at radius 2 is 2.17 bits per heavy atom. The van der Waals surface area contributed by atoms with Crippen LogP contribution in [-0.2, 0) is 11.0 Å². The number of carboxylic acids is 1. The molecule has 0 aromatic carbocycles. The highest BCUT2D eigenvalue weighted by atomic mass is 19.4. The first-order chi connectivity index (χ1) is 8.32. The maximum absolute atomic E-state index is 12.3. The van der Waals surface area contributed by atoms with E-state index in [-0.39, 0.29) is 18.3 Å². The van der Waals surface area contributed by atoms with Crippen LogP contribution in [0.2, 0.25) is 0 Å². The van der Waals surface area contributed by atoms with Crippen LogP contribution < -0.4 is 5.32 Å². The minimum absolute atomic E-state index is 0.112. The Morgan fingerprint density at radius 1 is 1.50 bits per heavy atom. The van der Waals surface area contributed by atoms with E-state index < -0.39 is 17.7 Å². The maximum Gasteiger partial charge on any atom is 0.417 e. The van der Waals surface area contributed by atoms with Crippen LogP contribution in [0, 0.1) is 0 Å². The monoisotopic (exact) mass is 262 g/mol. The molecule has 1 aromatic heterocycles. The van der Waals surface area contributed by atoms with E-state index in [0.29, 0.717) is 6.42 Å². The fraction of sp³-hybridized carbons (Fsp3) is 0.455. The summed E-state index contributed by atoms with van der Waals surface area (Å²) in [6.07, 6.45) is -3.28. The van der Waals surface area contributed by atoms with Gasteiger partial charge in [0.05, 0.1) is 12.0 Å². The van der Waals surface area contributed by atoms with Crippen molar-refractivity contribution >= 4 is 11.8 Å². The fourth-order valence-electron chi connectivity index (χ4n) is 1.36. The number of nitrogens with one attached hydrogen (secondary N) is 1. The zero-order valence-electron chi connectivity index (χ0n) is 9.66. The lowest BCUT2D eigenvalue weighted by Crippen LogP contribution is -2.22. The number of aliphatic carboxylic acids is 1. The number of carboxylic acid groups (broad SMARTS) is 1. The first-order valence-corrected chi connectivity index (χ1v) is 5.34. The van der Waals surface area contributed by atoms with Gasteiger partial charge in [-0.1, -0.05) is 6.92 Å². The molecule has 1 rings (SSSR count). The molecule has 0 amide bonds. The smallest absolute Gasteiger partial charge is 0.417 e. The highest BCUT2D eigenvalue weighted by Crippen LogP contribution is 2.28. The summed E-state index contributed by atoms with van der Waals surface area (Å²) in [6, 6.07) is 1.74. The molecule has 1 heterocycles. The molecular weight excluding hydrogens is 249 g/mol. The minimum atomic E-state index is -4.42. The van der Waals surface area contributed by atoms with Crippen molar-refractivity contribution in [1.82, 2.24) is 4.98 Å². The summed E-state index contributed by atoms with van der Waals surface area (Å²) in [6.45, 7) is 1.78. The first kappa shape index (κ1) is 14.3. The molecule has 2 N–H and O–H groups in total. The van der Waals surface area contributed by atoms with Crippen LogP contribution in [-0.4, -0.2) is 22.1 Å². The van der Waals surface area contributed by atoms with Gasteiger partial charge in [-0.05, 0) is 18.6 Å². The molecule has 1 unspecified atom stereocenters. The summed E-state index contributed by atoms with van der Waals surface area (Å²) in [5.74, 6) is -0.739. The number of anilines is 1. The molecule has 0 saturated heterocycles. The average Bonchev–Trinajstić information content (AvgIpc) is 2.27. The van der Waals surface area contributed by atoms with Crippen molar-refractivity contribution in [1.29, 1.82) is 0 Å². The zero-order valence-corrected chi connectivity index (χ0v) is 9.66. The Hall–Kier alpha value is -1.79. The van der Waals surface area contributed by atoms with Gasteiger partial charge in [0, 0.05) is 12.2 Å². The number of carbonyl (C=O) groups is 1. The van der Waals surface area contributed by atoms with Crippen molar-refractivity contribution in [3.05, 3.63) is 23.9 Å². The maximum atomic E-state index is 12.3. The van der Waals surface area contributed by atoms with E-state index in [0.717, 1.165) is 12.3 Å². The topological polar surface area (TPSA) is 62.2 Å². The van der Waals surface area contributed by atoms with E-state index in [1.54, 1.807) is 6.92 Å². The van der Waals surface area contributed by atoms with Crippen LogP contribution in [0.25, 0.3) is 0 Å². The summed E-state index contributed by atoms with van der Waals surface area (Å²) in [5.41, 5.74) is -0.834. The van der Waals surface area contributed by atoms with Gasteiger partial charge in [0.25, 0.3) is 0 Å². The Morgan fingerprint density at radius 3 is 2.56 bits per heavy atom. The van der Waals surface area contributed by atoms with Crippen LogP contribution in [0.5, 0.6) is 0 Å². The second kappa shape index (κ2) is 5.70. The number of rotatable bonds is 5. The molecule has 0 aliphatic rings. The van der Waals surface area contributed by atoms with E-state index in [2.05, 4.69) is 10.3 Å². The quantitative estimate of drug-likeness (QED) is 0.856. The Kier molecular flexibility index (Phi) is 4.52. The van der Waals surface area contributed by atoms with E-state index in [1.807, 2.05) is 0 Å². The van der Waals surface area contributed by atoms with Crippen molar-refractivity contribution in [3.8, 4) is 0 Å². The third kappa shape index (κ3) is 4.23. The van der Waals surface area contributed by atoms with Crippen LogP contribution in [0.4, 0.5) is 19.0 Å². The van der Waals surface area contributed by atoms with Crippen LogP contribution >= 0.6 is 0 Å². The lowest BCUT2D eigenvalue weighted by Gasteiger charge is -2.15. The number of aromatic nitrogens is 1. The van der Waals surface area contributed by atoms with Crippen molar-refractivity contribution in [2.45, 2.75) is 32.0 Å². The third-order valence-corrected chi connectivity index (χ3v) is 2.36. The molecule has 100 valence electrons. The molecule has 0 spiro atoms. The average molecular weight is 262 g/mol. The van der Waals surface area contributed by atoms with Gasteiger partial charge >= 0.3 is 12.1 Å². The fourth-order valence-corrected chi connectivity index (χ4v) is 1.36. The SMILES string of the molecule is CCC(CC(=O)O)Nc1ccc(C(F)(F)F)cn1. The Bertz CT molecular complexity index is 404.